The average Bonchev–Trinajstić information content (AvgIpc) is 3.10. The summed E-state index contributed by atoms with van der Waals surface area (Å²) in [6.07, 6.45) is 0. The van der Waals surface area contributed by atoms with Crippen LogP contribution < -0.4 is 5.32 Å². The predicted octanol–water partition coefficient (Wildman–Crippen LogP) is 4.30. The molecule has 2 aromatic carbocycles. The van der Waals surface area contributed by atoms with Crippen LogP contribution in [0, 0.1) is 6.92 Å². The maximum absolute atomic E-state index is 12.2. The van der Waals surface area contributed by atoms with E-state index in [-0.39, 0.29) is 0 Å². The number of amides is 1. The van der Waals surface area contributed by atoms with Gasteiger partial charge in [-0.1, -0.05) is 42.0 Å². The van der Waals surface area contributed by atoms with E-state index < -0.39 is 11.7 Å². The molecule has 1 aliphatic rings. The third-order valence-corrected chi connectivity index (χ3v) is 6.66. The molecule has 0 unspecified atom stereocenters. The molecule has 5 heteroatoms. The highest BCUT2D eigenvalue weighted by molar-refractivity contribution is 8.19. The van der Waals surface area contributed by atoms with Crippen molar-refractivity contribution < 1.29 is 9.59 Å². The Morgan fingerprint density at radius 1 is 1.04 bits per heavy atom. The van der Waals surface area contributed by atoms with Gasteiger partial charge < -0.3 is 5.32 Å². The van der Waals surface area contributed by atoms with Gasteiger partial charge in [0.15, 0.2) is 0 Å². The molecule has 3 rings (SSSR count). The molecular weight excluding hydrogens is 326 g/mol. The molecule has 1 saturated heterocycles. The van der Waals surface area contributed by atoms with Gasteiger partial charge in [0.25, 0.3) is 11.7 Å². The number of aryl methyl sites for hydroxylation is 1. The summed E-state index contributed by atoms with van der Waals surface area (Å²) in [6.45, 7) is 1.94. The van der Waals surface area contributed by atoms with Gasteiger partial charge in [-0.05, 0) is 24.6 Å². The largest absolute Gasteiger partial charge is 0.319 e. The second kappa shape index (κ2) is 7.23. The van der Waals surface area contributed by atoms with Crippen LogP contribution in [0.3, 0.4) is 0 Å². The van der Waals surface area contributed by atoms with Crippen molar-refractivity contribution in [3.05, 3.63) is 65.2 Å². The van der Waals surface area contributed by atoms with E-state index in [1.807, 2.05) is 60.8 Å². The van der Waals surface area contributed by atoms with Crippen LogP contribution in [0.25, 0.3) is 0 Å². The van der Waals surface area contributed by atoms with Crippen molar-refractivity contribution in [2.24, 2.45) is 0 Å². The molecule has 23 heavy (non-hydrogen) atoms. The van der Waals surface area contributed by atoms with E-state index in [0.717, 1.165) is 17.1 Å². The standard InChI is InChI=1S/C18H17NO2S2/c1-12-5-7-13(8-6-12)16(20)17(21)19-15-4-2-3-14(11-15)18-22-9-10-23-18/h2-8,11,18H,9-10H2,1H3,(H,19,21). The van der Waals surface area contributed by atoms with Gasteiger partial charge in [0, 0.05) is 22.8 Å². The number of hydrogen-bond acceptors (Lipinski definition) is 4. The molecule has 0 radical (unpaired) electrons. The number of benzene rings is 2. The summed E-state index contributed by atoms with van der Waals surface area (Å²) >= 11 is 3.82. The number of nitrogens with one attached hydrogen (secondary N) is 1. The normalized spacial score (nSPS) is 14.7. The van der Waals surface area contributed by atoms with Gasteiger partial charge in [0.05, 0.1) is 4.58 Å². The first-order valence-corrected chi connectivity index (χ1v) is 9.49. The second-order valence-corrected chi connectivity index (χ2v) is 8.07. The molecule has 0 atom stereocenters. The first-order valence-electron chi connectivity index (χ1n) is 7.39. The topological polar surface area (TPSA) is 46.2 Å². The zero-order valence-electron chi connectivity index (χ0n) is 12.7. The van der Waals surface area contributed by atoms with Gasteiger partial charge in [-0.15, -0.1) is 23.5 Å². The third kappa shape index (κ3) is 3.98. The number of thioether (sulfide) groups is 2. The summed E-state index contributed by atoms with van der Waals surface area (Å²) in [6, 6.07) is 14.8. The Bertz CT molecular complexity index is 722. The van der Waals surface area contributed by atoms with Crippen LogP contribution in [0.15, 0.2) is 48.5 Å². The highest BCUT2D eigenvalue weighted by Crippen LogP contribution is 2.45. The minimum absolute atomic E-state index is 0.408. The number of hydrogen-bond donors (Lipinski definition) is 1. The number of carbonyl (C=O) groups is 2. The summed E-state index contributed by atoms with van der Waals surface area (Å²) in [7, 11) is 0. The predicted molar refractivity (Wildman–Crippen MR) is 98.2 cm³/mol. The van der Waals surface area contributed by atoms with Gasteiger partial charge in [-0.2, -0.15) is 0 Å². The molecule has 0 aromatic heterocycles. The Morgan fingerprint density at radius 2 is 1.74 bits per heavy atom. The first-order chi connectivity index (χ1) is 11.1. The smallest absolute Gasteiger partial charge is 0.296 e. The summed E-state index contributed by atoms with van der Waals surface area (Å²) in [5.74, 6) is 1.19. The van der Waals surface area contributed by atoms with Crippen LogP contribution in [-0.4, -0.2) is 23.2 Å². The van der Waals surface area contributed by atoms with E-state index >= 15 is 0 Å². The molecule has 1 N–H and O–H groups in total. The van der Waals surface area contributed by atoms with Crippen LogP contribution in [0.4, 0.5) is 5.69 Å². The summed E-state index contributed by atoms with van der Waals surface area (Å²) in [4.78, 5) is 24.3. The Balaban J connectivity index is 1.71. The van der Waals surface area contributed by atoms with E-state index in [4.69, 9.17) is 0 Å². The lowest BCUT2D eigenvalue weighted by Gasteiger charge is -2.11. The Morgan fingerprint density at radius 3 is 2.43 bits per heavy atom. The summed E-state index contributed by atoms with van der Waals surface area (Å²) < 4.78 is 0.416. The van der Waals surface area contributed by atoms with E-state index in [0.29, 0.717) is 15.8 Å². The fraction of sp³-hybridized carbons (Fsp3) is 0.222. The lowest BCUT2D eigenvalue weighted by Crippen LogP contribution is -2.22. The van der Waals surface area contributed by atoms with Crippen LogP contribution >= 0.6 is 23.5 Å². The molecule has 3 nitrogen and oxygen atoms in total. The molecule has 1 amide bonds. The third-order valence-electron chi connectivity index (χ3n) is 3.56. The Labute approximate surface area is 144 Å². The number of rotatable bonds is 4. The van der Waals surface area contributed by atoms with Gasteiger partial charge in [0.2, 0.25) is 0 Å². The highest BCUT2D eigenvalue weighted by Gasteiger charge is 2.20. The van der Waals surface area contributed by atoms with E-state index in [2.05, 4.69) is 11.4 Å². The zero-order valence-corrected chi connectivity index (χ0v) is 14.4. The molecular formula is C18H17NO2S2. The zero-order chi connectivity index (χ0) is 16.2. The van der Waals surface area contributed by atoms with E-state index in [1.165, 1.54) is 5.56 Å². The quantitative estimate of drug-likeness (QED) is 0.664. The molecule has 2 aromatic rings. The molecule has 1 aliphatic heterocycles. The second-order valence-electron chi connectivity index (χ2n) is 5.35. The molecule has 118 valence electrons. The van der Waals surface area contributed by atoms with Crippen molar-refractivity contribution in [3.8, 4) is 0 Å². The molecule has 0 bridgehead atoms. The maximum Gasteiger partial charge on any atom is 0.296 e. The summed E-state index contributed by atoms with van der Waals surface area (Å²) in [5, 5.41) is 2.71. The van der Waals surface area contributed by atoms with Crippen LogP contribution in [-0.2, 0) is 4.79 Å². The molecule has 0 saturated carbocycles. The highest BCUT2D eigenvalue weighted by atomic mass is 32.2. The molecule has 0 spiro atoms. The number of Topliss-reactive ketones (excluding diaryl/α,β-unsaturated/α-hetero) is 1. The number of anilines is 1. The van der Waals surface area contributed by atoms with Crippen LogP contribution in [0.1, 0.15) is 26.1 Å². The van der Waals surface area contributed by atoms with Gasteiger partial charge in [-0.25, -0.2) is 0 Å². The lowest BCUT2D eigenvalue weighted by atomic mass is 10.1. The van der Waals surface area contributed by atoms with E-state index in [9.17, 15) is 9.59 Å². The summed E-state index contributed by atoms with van der Waals surface area (Å²) in [5.41, 5.74) is 3.31. The van der Waals surface area contributed by atoms with Crippen LogP contribution in [0.2, 0.25) is 0 Å². The molecule has 1 heterocycles. The molecule has 1 fully saturated rings. The SMILES string of the molecule is Cc1ccc(C(=O)C(=O)Nc2cccc(C3SCCS3)c2)cc1. The van der Waals surface area contributed by atoms with Crippen molar-refractivity contribution in [3.63, 3.8) is 0 Å². The van der Waals surface area contributed by atoms with Gasteiger partial charge in [-0.3, -0.25) is 9.59 Å². The van der Waals surface area contributed by atoms with Crippen molar-refractivity contribution in [2.75, 3.05) is 16.8 Å². The Hall–Kier alpha value is -1.72. The van der Waals surface area contributed by atoms with E-state index in [1.54, 1.807) is 12.1 Å². The number of carbonyl (C=O) groups excluding carboxylic acids is 2. The van der Waals surface area contributed by atoms with Gasteiger partial charge >= 0.3 is 0 Å². The minimum atomic E-state index is -0.599. The first kappa shape index (κ1) is 16.1. The fourth-order valence-corrected chi connectivity index (χ4v) is 5.18. The fourth-order valence-electron chi connectivity index (χ4n) is 2.34. The van der Waals surface area contributed by atoms with Crippen molar-refractivity contribution in [1.29, 1.82) is 0 Å². The van der Waals surface area contributed by atoms with Crippen molar-refractivity contribution in [2.45, 2.75) is 11.5 Å². The Kier molecular flexibility index (Phi) is 5.08. The monoisotopic (exact) mass is 343 g/mol. The van der Waals surface area contributed by atoms with Crippen molar-refractivity contribution >= 4 is 40.9 Å². The van der Waals surface area contributed by atoms with Crippen molar-refractivity contribution in [1.82, 2.24) is 0 Å². The lowest BCUT2D eigenvalue weighted by molar-refractivity contribution is -0.112. The molecule has 0 aliphatic carbocycles. The maximum atomic E-state index is 12.2. The van der Waals surface area contributed by atoms with Crippen LogP contribution in [0.5, 0.6) is 0 Å². The minimum Gasteiger partial charge on any atom is -0.319 e. The average molecular weight is 343 g/mol. The number of ketones is 1. The van der Waals surface area contributed by atoms with Gasteiger partial charge in [0.1, 0.15) is 0 Å².